The third-order valence-electron chi connectivity index (χ3n) is 8.23. The van der Waals surface area contributed by atoms with E-state index in [-0.39, 0.29) is 18.0 Å². The summed E-state index contributed by atoms with van der Waals surface area (Å²) in [6, 6.07) is 16.6. The first-order chi connectivity index (χ1) is 25.5. The van der Waals surface area contributed by atoms with Crippen molar-refractivity contribution < 1.29 is 23.9 Å². The van der Waals surface area contributed by atoms with Crippen LogP contribution in [0, 0.1) is 0 Å². The van der Waals surface area contributed by atoms with Crippen LogP contribution in [-0.2, 0) is 25.5 Å². The third kappa shape index (κ3) is 11.6. The lowest BCUT2D eigenvalue weighted by atomic mass is 10.0. The van der Waals surface area contributed by atoms with E-state index < -0.39 is 5.60 Å². The molecule has 6 rings (SSSR count). The van der Waals surface area contributed by atoms with Gasteiger partial charge in [-0.1, -0.05) is 44.5 Å². The van der Waals surface area contributed by atoms with Crippen LogP contribution >= 0.6 is 0 Å². The molecule has 0 bridgehead atoms. The molecule has 4 N–H and O–H groups in total. The van der Waals surface area contributed by atoms with Crippen LogP contribution in [0.15, 0.2) is 54.7 Å². The molecule has 284 valence electrons. The molecule has 1 atom stereocenters. The van der Waals surface area contributed by atoms with E-state index in [0.29, 0.717) is 31.8 Å². The number of fused-ring (bicyclic) bond motifs is 2. The Morgan fingerprint density at radius 3 is 2.38 bits per heavy atom. The van der Waals surface area contributed by atoms with Crippen LogP contribution in [0.2, 0.25) is 0 Å². The van der Waals surface area contributed by atoms with Crippen molar-refractivity contribution in [3.8, 4) is 22.5 Å². The molecule has 0 radical (unpaired) electrons. The summed E-state index contributed by atoms with van der Waals surface area (Å²) in [4.78, 5) is 56.2. The number of nitrogens with one attached hydrogen (secondary N) is 4. The Morgan fingerprint density at radius 1 is 1.00 bits per heavy atom. The largest absolute Gasteiger partial charge is 0.471 e. The van der Waals surface area contributed by atoms with Crippen molar-refractivity contribution in [2.24, 2.45) is 0 Å². The van der Waals surface area contributed by atoms with Gasteiger partial charge < -0.3 is 30.1 Å². The number of hydrogen-bond donors (Lipinski definition) is 4. The summed E-state index contributed by atoms with van der Waals surface area (Å²) in [7, 11) is 3.07. The second-order valence-electron chi connectivity index (χ2n) is 13.9. The fraction of sp³-hybridized carbons (Fsp3) is 0.450. The van der Waals surface area contributed by atoms with Crippen LogP contribution in [-0.4, -0.2) is 87.7 Å². The molecule has 2 amide bonds. The Bertz CT molecular complexity index is 1950. The van der Waals surface area contributed by atoms with E-state index >= 15 is 0 Å². The molecule has 1 unspecified atom stereocenters. The average Bonchev–Trinajstić information content (AvgIpc) is 3.91. The summed E-state index contributed by atoms with van der Waals surface area (Å²) in [5, 5.41) is 8.00. The van der Waals surface area contributed by atoms with Crippen LogP contribution in [0.3, 0.4) is 0 Å². The Hall–Kier alpha value is -5.30. The van der Waals surface area contributed by atoms with E-state index in [9.17, 15) is 9.59 Å². The SMILES string of the molecule is CCC.CNCC(=O)NCCCCc1ncc(-c2ccc3cc(-c4ccc5[nH]c(C6CCCN6C(=O)OC(C)(C)C)nc5n4)ccc3c2)[nH]1.COC=O. The summed E-state index contributed by atoms with van der Waals surface area (Å²) in [6.07, 6.45) is 7.23. The number of methoxy groups -OCH3 is 1. The van der Waals surface area contributed by atoms with Gasteiger partial charge in [0.25, 0.3) is 6.47 Å². The number of rotatable bonds is 11. The molecule has 1 aliphatic rings. The number of aryl methyl sites for hydroxylation is 1. The Kier molecular flexibility index (Phi) is 14.9. The highest BCUT2D eigenvalue weighted by Gasteiger charge is 2.35. The maximum Gasteiger partial charge on any atom is 0.410 e. The number of amides is 2. The maximum absolute atomic E-state index is 12.8. The second kappa shape index (κ2) is 19.5. The van der Waals surface area contributed by atoms with E-state index in [1.807, 2.05) is 39.1 Å². The van der Waals surface area contributed by atoms with E-state index in [1.54, 1.807) is 11.9 Å². The lowest BCUT2D eigenvalue weighted by Gasteiger charge is -2.27. The molecule has 1 fully saturated rings. The van der Waals surface area contributed by atoms with Crippen molar-refractivity contribution in [1.29, 1.82) is 0 Å². The molecular weight excluding hydrogens is 672 g/mol. The number of likely N-dealkylation sites (tertiary alicyclic amines) is 1. The van der Waals surface area contributed by atoms with Gasteiger partial charge in [0, 0.05) is 30.6 Å². The standard InChI is InChI=1S/C35H42N8O3.C3H8.C2H4O2/c1-35(2,3)46-34(45)43-17-7-8-29(43)33-41-27-15-14-26(40-32(27)42-33)24-12-10-23-19-25(13-11-22(23)18-24)28-20-38-30(39-28)9-5-6-16-37-31(44)21-36-4;1-3-2;1-4-2-3/h10-15,18-20,29,36H,5-9,16-17,21H2,1-4H3,(H,37,44)(H,38,39)(H,40,41,42);3H2,1-2H3;2H,1H3. The zero-order valence-electron chi connectivity index (χ0n) is 32.0. The predicted octanol–water partition coefficient (Wildman–Crippen LogP) is 7.10. The Morgan fingerprint density at radius 2 is 1.70 bits per heavy atom. The first-order valence-corrected chi connectivity index (χ1v) is 18.3. The summed E-state index contributed by atoms with van der Waals surface area (Å²) in [5.74, 6) is 1.70. The second-order valence-corrected chi connectivity index (χ2v) is 13.9. The highest BCUT2D eigenvalue weighted by molar-refractivity contribution is 5.90. The highest BCUT2D eigenvalue weighted by Crippen LogP contribution is 2.33. The molecule has 0 spiro atoms. The molecule has 4 heterocycles. The van der Waals surface area contributed by atoms with E-state index in [0.717, 1.165) is 82.6 Å². The number of aromatic nitrogens is 5. The molecule has 13 nitrogen and oxygen atoms in total. The summed E-state index contributed by atoms with van der Waals surface area (Å²) in [5.41, 5.74) is 4.84. The van der Waals surface area contributed by atoms with Gasteiger partial charge in [0.1, 0.15) is 17.2 Å². The normalized spacial score (nSPS) is 13.9. The number of unbranched alkanes of at least 4 members (excludes halogenated alkanes) is 1. The van der Waals surface area contributed by atoms with Gasteiger partial charge in [0.05, 0.1) is 42.8 Å². The van der Waals surface area contributed by atoms with E-state index in [1.165, 1.54) is 13.5 Å². The lowest BCUT2D eigenvalue weighted by Crippen LogP contribution is -2.36. The quantitative estimate of drug-likeness (QED) is 0.0820. The zero-order chi connectivity index (χ0) is 38.4. The first-order valence-electron chi connectivity index (χ1n) is 18.3. The zero-order valence-corrected chi connectivity index (χ0v) is 32.0. The number of imidazole rings is 2. The molecule has 5 aromatic rings. The number of ether oxygens (including phenoxy) is 2. The number of nitrogens with zero attached hydrogens (tertiary/aromatic N) is 4. The van der Waals surface area contributed by atoms with Crippen LogP contribution in [0.1, 0.15) is 84.4 Å². The monoisotopic (exact) mass is 726 g/mol. The van der Waals surface area contributed by atoms with Crippen LogP contribution in [0.5, 0.6) is 0 Å². The van der Waals surface area contributed by atoms with E-state index in [2.05, 4.69) is 80.6 Å². The molecule has 1 aliphatic heterocycles. The fourth-order valence-corrected chi connectivity index (χ4v) is 5.90. The van der Waals surface area contributed by atoms with Crippen LogP contribution < -0.4 is 10.6 Å². The minimum absolute atomic E-state index is 0.0175. The Labute approximate surface area is 311 Å². The van der Waals surface area contributed by atoms with Gasteiger partial charge in [-0.05, 0) is 88.5 Å². The molecule has 13 heteroatoms. The molecule has 0 aliphatic carbocycles. The number of carbonyl (C=O) groups excluding carboxylic acids is 3. The molecule has 1 saturated heterocycles. The Balaban J connectivity index is 0.000000827. The van der Waals surface area contributed by atoms with Gasteiger partial charge in [-0.2, -0.15) is 0 Å². The predicted molar refractivity (Wildman–Crippen MR) is 208 cm³/mol. The maximum atomic E-state index is 12.8. The third-order valence-corrected chi connectivity index (χ3v) is 8.23. The highest BCUT2D eigenvalue weighted by atomic mass is 16.6. The van der Waals surface area contributed by atoms with Crippen molar-refractivity contribution in [3.63, 3.8) is 0 Å². The number of carbonyl (C=O) groups is 3. The number of benzene rings is 2. The van der Waals surface area contributed by atoms with Gasteiger partial charge in [-0.25, -0.2) is 19.7 Å². The van der Waals surface area contributed by atoms with Gasteiger partial charge in [0.2, 0.25) is 5.91 Å². The smallest absolute Gasteiger partial charge is 0.410 e. The number of pyridine rings is 1. The molecule has 0 saturated carbocycles. The van der Waals surface area contributed by atoms with Crippen molar-refractivity contribution in [2.75, 3.05) is 33.8 Å². The summed E-state index contributed by atoms with van der Waals surface area (Å²) < 4.78 is 9.50. The average molecular weight is 727 g/mol. The summed E-state index contributed by atoms with van der Waals surface area (Å²) >= 11 is 0. The van der Waals surface area contributed by atoms with Crippen LogP contribution in [0.25, 0.3) is 44.5 Å². The summed E-state index contributed by atoms with van der Waals surface area (Å²) in [6.45, 7) is 11.9. The number of H-pyrrole nitrogens is 2. The van der Waals surface area contributed by atoms with E-state index in [4.69, 9.17) is 19.5 Å². The first kappa shape index (κ1) is 40.5. The molecule has 3 aromatic heterocycles. The number of aromatic amines is 2. The van der Waals surface area contributed by atoms with Crippen molar-refractivity contribution in [3.05, 3.63) is 66.4 Å². The molecular formula is C40H54N8O5. The fourth-order valence-electron chi connectivity index (χ4n) is 5.90. The molecule has 53 heavy (non-hydrogen) atoms. The lowest BCUT2D eigenvalue weighted by molar-refractivity contribution is -0.126. The van der Waals surface area contributed by atoms with Crippen LogP contribution in [0.4, 0.5) is 4.79 Å². The van der Waals surface area contributed by atoms with Crippen molar-refractivity contribution in [1.82, 2.24) is 40.5 Å². The molecule has 2 aromatic carbocycles. The van der Waals surface area contributed by atoms with Crippen molar-refractivity contribution >= 4 is 40.4 Å². The van der Waals surface area contributed by atoms with Crippen molar-refractivity contribution in [2.45, 2.75) is 84.8 Å². The minimum Gasteiger partial charge on any atom is -0.471 e. The van der Waals surface area contributed by atoms with Gasteiger partial charge in [-0.15, -0.1) is 0 Å². The number of likely N-dealkylation sites (N-methyl/N-ethyl adjacent to an activating group) is 1. The minimum atomic E-state index is -0.548. The van der Waals surface area contributed by atoms with Gasteiger partial charge >= 0.3 is 6.09 Å². The topological polar surface area (TPSA) is 167 Å². The van der Waals surface area contributed by atoms with Gasteiger partial charge in [0.15, 0.2) is 5.65 Å². The number of hydrogen-bond acceptors (Lipinski definition) is 9. The van der Waals surface area contributed by atoms with Gasteiger partial charge in [-0.3, -0.25) is 14.5 Å².